The minimum absolute atomic E-state index is 0.0716. The molecule has 15 heavy (non-hydrogen) atoms. The van der Waals surface area contributed by atoms with Gasteiger partial charge in [-0.05, 0) is 37.2 Å². The van der Waals surface area contributed by atoms with Gasteiger partial charge in [0.25, 0.3) is 0 Å². The summed E-state index contributed by atoms with van der Waals surface area (Å²) in [5.74, 6) is -0.801. The maximum Gasteiger partial charge on any atom is 0.126 e. The molecule has 0 spiro atoms. The summed E-state index contributed by atoms with van der Waals surface area (Å²) in [6.45, 7) is 1.21. The van der Waals surface area contributed by atoms with E-state index in [2.05, 4.69) is 0 Å². The molecular weight excluding hydrogens is 200 g/mol. The summed E-state index contributed by atoms with van der Waals surface area (Å²) < 4.78 is 26.0. The number of likely N-dealkylation sites (N-methyl/N-ethyl adjacent to an activating group) is 1. The predicted octanol–water partition coefficient (Wildman–Crippen LogP) is 1.43. The summed E-state index contributed by atoms with van der Waals surface area (Å²) in [4.78, 5) is 1.87. The molecule has 1 rings (SSSR count). The third kappa shape index (κ3) is 3.93. The SMILES string of the molecule is CN(CCO)CCc1cc(F)ccc1F. The molecule has 1 aromatic rings. The summed E-state index contributed by atoms with van der Waals surface area (Å²) in [6.07, 6.45) is 0.445. The first-order chi connectivity index (χ1) is 7.13. The average Bonchev–Trinajstić information content (AvgIpc) is 2.20. The van der Waals surface area contributed by atoms with Gasteiger partial charge in [0, 0.05) is 13.1 Å². The highest BCUT2D eigenvalue weighted by Crippen LogP contribution is 2.10. The fraction of sp³-hybridized carbons (Fsp3) is 0.455. The van der Waals surface area contributed by atoms with Crippen LogP contribution in [0.5, 0.6) is 0 Å². The Morgan fingerprint density at radius 2 is 2.00 bits per heavy atom. The second kappa shape index (κ2) is 5.78. The third-order valence-corrected chi connectivity index (χ3v) is 2.25. The van der Waals surface area contributed by atoms with Gasteiger partial charge in [-0.1, -0.05) is 0 Å². The summed E-state index contributed by atoms with van der Waals surface area (Å²) in [6, 6.07) is 3.45. The van der Waals surface area contributed by atoms with Gasteiger partial charge in [0.05, 0.1) is 6.61 Å². The van der Waals surface area contributed by atoms with Crippen molar-refractivity contribution >= 4 is 0 Å². The number of halogens is 2. The van der Waals surface area contributed by atoms with Crippen LogP contribution in [0.2, 0.25) is 0 Å². The van der Waals surface area contributed by atoms with Crippen LogP contribution in [0, 0.1) is 11.6 Å². The van der Waals surface area contributed by atoms with Gasteiger partial charge in [0.15, 0.2) is 0 Å². The molecule has 0 saturated heterocycles. The minimum Gasteiger partial charge on any atom is -0.395 e. The summed E-state index contributed by atoms with van der Waals surface area (Å²) in [5.41, 5.74) is 0.375. The number of nitrogens with zero attached hydrogens (tertiary/aromatic N) is 1. The van der Waals surface area contributed by atoms with E-state index in [1.165, 1.54) is 6.07 Å². The van der Waals surface area contributed by atoms with E-state index < -0.39 is 5.82 Å². The van der Waals surface area contributed by atoms with Gasteiger partial charge in [-0.3, -0.25) is 0 Å². The van der Waals surface area contributed by atoms with Crippen LogP contribution in [0.1, 0.15) is 5.56 Å². The Morgan fingerprint density at radius 1 is 1.27 bits per heavy atom. The van der Waals surface area contributed by atoms with Gasteiger partial charge >= 0.3 is 0 Å². The molecule has 0 radical (unpaired) electrons. The Kier molecular flexibility index (Phi) is 4.65. The molecule has 0 amide bonds. The topological polar surface area (TPSA) is 23.5 Å². The largest absolute Gasteiger partial charge is 0.395 e. The standard InChI is InChI=1S/C11H15F2NO/c1-14(6-7-15)5-4-9-8-10(12)2-3-11(9)13/h2-3,8,15H,4-7H2,1H3. The van der Waals surface area contributed by atoms with Gasteiger partial charge in [-0.15, -0.1) is 0 Å². The zero-order valence-corrected chi connectivity index (χ0v) is 8.71. The summed E-state index contributed by atoms with van der Waals surface area (Å²) >= 11 is 0. The number of rotatable bonds is 5. The fourth-order valence-electron chi connectivity index (χ4n) is 1.33. The van der Waals surface area contributed by atoms with Gasteiger partial charge in [0.1, 0.15) is 11.6 Å². The van der Waals surface area contributed by atoms with Crippen molar-refractivity contribution in [2.45, 2.75) is 6.42 Å². The predicted molar refractivity (Wildman–Crippen MR) is 54.6 cm³/mol. The monoisotopic (exact) mass is 215 g/mol. The minimum atomic E-state index is -0.420. The molecule has 0 bridgehead atoms. The Morgan fingerprint density at radius 3 is 2.67 bits per heavy atom. The van der Waals surface area contributed by atoms with Crippen LogP contribution in [-0.4, -0.2) is 36.8 Å². The maximum absolute atomic E-state index is 13.2. The first-order valence-electron chi connectivity index (χ1n) is 4.87. The first-order valence-corrected chi connectivity index (χ1v) is 4.87. The Hall–Kier alpha value is -1.00. The third-order valence-electron chi connectivity index (χ3n) is 2.25. The average molecular weight is 215 g/mol. The van der Waals surface area contributed by atoms with Crippen LogP contribution in [0.15, 0.2) is 18.2 Å². The molecule has 84 valence electrons. The number of aliphatic hydroxyl groups is 1. The van der Waals surface area contributed by atoms with E-state index in [4.69, 9.17) is 5.11 Å². The number of benzene rings is 1. The van der Waals surface area contributed by atoms with Crippen molar-refractivity contribution in [3.8, 4) is 0 Å². The molecule has 0 atom stereocenters. The van der Waals surface area contributed by atoms with Crippen LogP contribution < -0.4 is 0 Å². The maximum atomic E-state index is 13.2. The van der Waals surface area contributed by atoms with Crippen molar-refractivity contribution in [3.05, 3.63) is 35.4 Å². The Bertz CT molecular complexity index is 317. The zero-order chi connectivity index (χ0) is 11.3. The highest BCUT2D eigenvalue weighted by molar-refractivity contribution is 5.18. The molecule has 1 aromatic carbocycles. The van der Waals surface area contributed by atoms with E-state index in [0.29, 0.717) is 25.1 Å². The molecule has 0 heterocycles. The van der Waals surface area contributed by atoms with Crippen LogP contribution in [-0.2, 0) is 6.42 Å². The molecule has 1 N–H and O–H groups in total. The summed E-state index contributed by atoms with van der Waals surface area (Å²) in [7, 11) is 1.83. The lowest BCUT2D eigenvalue weighted by Gasteiger charge is -2.14. The molecule has 2 nitrogen and oxygen atoms in total. The molecule has 0 aliphatic carbocycles. The quantitative estimate of drug-likeness (QED) is 0.803. The highest BCUT2D eigenvalue weighted by Gasteiger charge is 2.05. The lowest BCUT2D eigenvalue weighted by molar-refractivity contribution is 0.222. The molecular formula is C11H15F2NO. The molecule has 0 aromatic heterocycles. The molecule has 0 saturated carbocycles. The Labute approximate surface area is 88.1 Å². The highest BCUT2D eigenvalue weighted by atomic mass is 19.1. The van der Waals surface area contributed by atoms with E-state index >= 15 is 0 Å². The van der Waals surface area contributed by atoms with Crippen LogP contribution in [0.4, 0.5) is 8.78 Å². The van der Waals surface area contributed by atoms with Crippen molar-refractivity contribution in [2.75, 3.05) is 26.7 Å². The van der Waals surface area contributed by atoms with E-state index in [1.807, 2.05) is 11.9 Å². The van der Waals surface area contributed by atoms with Gasteiger partial charge in [-0.2, -0.15) is 0 Å². The van der Waals surface area contributed by atoms with Crippen LogP contribution in [0.3, 0.4) is 0 Å². The van der Waals surface area contributed by atoms with Crippen LogP contribution >= 0.6 is 0 Å². The molecule has 4 heteroatoms. The van der Waals surface area contributed by atoms with Crippen molar-refractivity contribution in [1.82, 2.24) is 4.90 Å². The fourth-order valence-corrected chi connectivity index (χ4v) is 1.33. The van der Waals surface area contributed by atoms with Crippen molar-refractivity contribution in [3.63, 3.8) is 0 Å². The number of hydrogen-bond acceptors (Lipinski definition) is 2. The van der Waals surface area contributed by atoms with E-state index in [9.17, 15) is 8.78 Å². The van der Waals surface area contributed by atoms with Gasteiger partial charge in [-0.25, -0.2) is 8.78 Å². The van der Waals surface area contributed by atoms with Crippen molar-refractivity contribution in [2.24, 2.45) is 0 Å². The van der Waals surface area contributed by atoms with E-state index in [-0.39, 0.29) is 12.4 Å². The molecule has 0 unspecified atom stereocenters. The zero-order valence-electron chi connectivity index (χ0n) is 8.71. The van der Waals surface area contributed by atoms with Crippen molar-refractivity contribution < 1.29 is 13.9 Å². The molecule has 0 aliphatic rings. The normalized spacial score (nSPS) is 11.0. The van der Waals surface area contributed by atoms with Gasteiger partial charge in [0.2, 0.25) is 0 Å². The van der Waals surface area contributed by atoms with E-state index in [0.717, 1.165) is 12.1 Å². The lowest BCUT2D eigenvalue weighted by atomic mass is 10.1. The van der Waals surface area contributed by atoms with Crippen LogP contribution in [0.25, 0.3) is 0 Å². The van der Waals surface area contributed by atoms with Gasteiger partial charge < -0.3 is 10.0 Å². The summed E-state index contributed by atoms with van der Waals surface area (Å²) in [5, 5.41) is 8.66. The smallest absolute Gasteiger partial charge is 0.126 e. The Balaban J connectivity index is 2.53. The second-order valence-corrected chi connectivity index (χ2v) is 3.51. The van der Waals surface area contributed by atoms with Crippen molar-refractivity contribution in [1.29, 1.82) is 0 Å². The number of hydrogen-bond donors (Lipinski definition) is 1. The first kappa shape index (κ1) is 12.1. The number of aliphatic hydroxyl groups excluding tert-OH is 1. The molecule has 0 fully saturated rings. The second-order valence-electron chi connectivity index (χ2n) is 3.51. The lowest BCUT2D eigenvalue weighted by Crippen LogP contribution is -2.24. The molecule has 0 aliphatic heterocycles. The van der Waals surface area contributed by atoms with E-state index in [1.54, 1.807) is 0 Å².